The minimum absolute atomic E-state index is 0.296. The third kappa shape index (κ3) is 3.25. The number of aliphatic hydroxyl groups is 1. The van der Waals surface area contributed by atoms with Crippen LogP contribution in [-0.2, 0) is 0 Å². The molecular formula is C12H25NO. The minimum atomic E-state index is 0.296. The number of hydrogen-bond donors (Lipinski definition) is 2. The van der Waals surface area contributed by atoms with E-state index in [0.717, 1.165) is 18.3 Å². The van der Waals surface area contributed by atoms with E-state index in [1.807, 2.05) is 0 Å². The van der Waals surface area contributed by atoms with Gasteiger partial charge in [0.05, 0.1) is 0 Å². The van der Waals surface area contributed by atoms with Crippen LogP contribution in [0.2, 0.25) is 0 Å². The van der Waals surface area contributed by atoms with Gasteiger partial charge in [0.15, 0.2) is 0 Å². The molecule has 2 nitrogen and oxygen atoms in total. The van der Waals surface area contributed by atoms with Crippen molar-refractivity contribution < 1.29 is 5.11 Å². The summed E-state index contributed by atoms with van der Waals surface area (Å²) in [4.78, 5) is 0. The molecule has 3 unspecified atom stereocenters. The van der Waals surface area contributed by atoms with Gasteiger partial charge in [0, 0.05) is 18.7 Å². The molecule has 0 bridgehead atoms. The van der Waals surface area contributed by atoms with Gasteiger partial charge in [0.25, 0.3) is 0 Å². The van der Waals surface area contributed by atoms with Crippen LogP contribution in [0.5, 0.6) is 0 Å². The number of aliphatic hydroxyl groups excluding tert-OH is 1. The molecular weight excluding hydrogens is 174 g/mol. The molecule has 0 spiro atoms. The second-order valence-corrected chi connectivity index (χ2v) is 4.95. The van der Waals surface area contributed by atoms with Gasteiger partial charge in [0.2, 0.25) is 0 Å². The Morgan fingerprint density at radius 2 is 2.07 bits per heavy atom. The van der Waals surface area contributed by atoms with Crippen LogP contribution >= 0.6 is 0 Å². The van der Waals surface area contributed by atoms with Gasteiger partial charge in [0.1, 0.15) is 0 Å². The summed E-state index contributed by atoms with van der Waals surface area (Å²) in [5.74, 6) is 1.63. The van der Waals surface area contributed by atoms with Crippen molar-refractivity contribution in [2.45, 2.75) is 58.5 Å². The molecule has 0 aromatic heterocycles. The van der Waals surface area contributed by atoms with Gasteiger partial charge in [-0.2, -0.15) is 0 Å². The Morgan fingerprint density at radius 3 is 2.71 bits per heavy atom. The van der Waals surface area contributed by atoms with Crippen LogP contribution in [0, 0.1) is 11.8 Å². The van der Waals surface area contributed by atoms with Crippen LogP contribution < -0.4 is 5.32 Å². The Labute approximate surface area is 88.1 Å². The number of nitrogens with one attached hydrogen (secondary N) is 1. The smallest absolute Gasteiger partial charge is 0.0445 e. The predicted octanol–water partition coefficient (Wildman–Crippen LogP) is 2.17. The van der Waals surface area contributed by atoms with Gasteiger partial charge < -0.3 is 10.4 Å². The van der Waals surface area contributed by atoms with Crippen LogP contribution in [0.15, 0.2) is 0 Å². The average molecular weight is 199 g/mol. The van der Waals surface area contributed by atoms with Crippen LogP contribution in [-0.4, -0.2) is 23.8 Å². The Kier molecular flexibility index (Phi) is 4.90. The minimum Gasteiger partial charge on any atom is -0.396 e. The second-order valence-electron chi connectivity index (χ2n) is 4.95. The first kappa shape index (κ1) is 12.0. The topological polar surface area (TPSA) is 32.3 Å². The normalized spacial score (nSPS) is 35.6. The summed E-state index contributed by atoms with van der Waals surface area (Å²) >= 11 is 0. The summed E-state index contributed by atoms with van der Waals surface area (Å²) < 4.78 is 0. The fraction of sp³-hybridized carbons (Fsp3) is 1.00. The van der Waals surface area contributed by atoms with Crippen molar-refractivity contribution in [3.8, 4) is 0 Å². The predicted molar refractivity (Wildman–Crippen MR) is 60.3 cm³/mol. The van der Waals surface area contributed by atoms with E-state index >= 15 is 0 Å². The molecule has 0 amide bonds. The zero-order valence-electron chi connectivity index (χ0n) is 9.79. The van der Waals surface area contributed by atoms with Gasteiger partial charge in [-0.3, -0.25) is 0 Å². The van der Waals surface area contributed by atoms with E-state index in [1.165, 1.54) is 19.3 Å². The molecule has 0 saturated heterocycles. The molecule has 1 aliphatic rings. The lowest BCUT2D eigenvalue weighted by Gasteiger charge is -2.36. The quantitative estimate of drug-likeness (QED) is 0.727. The fourth-order valence-electron chi connectivity index (χ4n) is 2.46. The molecule has 2 heteroatoms. The highest BCUT2D eigenvalue weighted by Gasteiger charge is 2.27. The first-order valence-electron chi connectivity index (χ1n) is 6.02. The zero-order valence-corrected chi connectivity index (χ0v) is 9.79. The molecule has 0 heterocycles. The zero-order chi connectivity index (χ0) is 10.6. The molecule has 1 aliphatic carbocycles. The standard InChI is InChI=1S/C12H25NO/c1-9-5-4-6-12(11(9)3)13-10(2)7-8-14/h9-14H,4-8H2,1-3H3/t9?,10-,11?,12?/m1/s1. The molecule has 4 atom stereocenters. The molecule has 14 heavy (non-hydrogen) atoms. The fourth-order valence-corrected chi connectivity index (χ4v) is 2.46. The molecule has 2 N–H and O–H groups in total. The van der Waals surface area contributed by atoms with E-state index in [2.05, 4.69) is 26.1 Å². The molecule has 1 fully saturated rings. The Hall–Kier alpha value is -0.0800. The Morgan fingerprint density at radius 1 is 1.36 bits per heavy atom. The van der Waals surface area contributed by atoms with Crippen molar-refractivity contribution in [1.29, 1.82) is 0 Å². The van der Waals surface area contributed by atoms with Gasteiger partial charge in [-0.1, -0.05) is 26.7 Å². The first-order valence-corrected chi connectivity index (χ1v) is 6.02. The van der Waals surface area contributed by atoms with E-state index in [-0.39, 0.29) is 0 Å². The van der Waals surface area contributed by atoms with E-state index in [0.29, 0.717) is 18.7 Å². The van der Waals surface area contributed by atoms with Crippen molar-refractivity contribution in [3.05, 3.63) is 0 Å². The summed E-state index contributed by atoms with van der Waals surface area (Å²) in [5, 5.41) is 12.5. The summed E-state index contributed by atoms with van der Waals surface area (Å²) in [6.07, 6.45) is 4.92. The molecule has 0 aromatic carbocycles. The van der Waals surface area contributed by atoms with E-state index in [1.54, 1.807) is 0 Å². The summed E-state index contributed by atoms with van der Waals surface area (Å²) in [6.45, 7) is 7.18. The highest BCUT2D eigenvalue weighted by Crippen LogP contribution is 2.29. The SMILES string of the molecule is CC1CCCC(N[C@H](C)CCO)C1C. The summed E-state index contributed by atoms with van der Waals surface area (Å²) in [5.41, 5.74) is 0. The van der Waals surface area contributed by atoms with E-state index in [9.17, 15) is 0 Å². The van der Waals surface area contributed by atoms with E-state index in [4.69, 9.17) is 5.11 Å². The Bertz CT molecular complexity index is 160. The lowest BCUT2D eigenvalue weighted by Crippen LogP contribution is -2.45. The van der Waals surface area contributed by atoms with Crippen molar-refractivity contribution in [1.82, 2.24) is 5.32 Å². The third-order valence-corrected chi connectivity index (χ3v) is 3.77. The molecule has 0 radical (unpaired) electrons. The lowest BCUT2D eigenvalue weighted by atomic mass is 9.78. The van der Waals surface area contributed by atoms with Gasteiger partial charge in [-0.05, 0) is 31.6 Å². The van der Waals surface area contributed by atoms with Crippen LogP contribution in [0.1, 0.15) is 46.5 Å². The van der Waals surface area contributed by atoms with Crippen molar-refractivity contribution >= 4 is 0 Å². The summed E-state index contributed by atoms with van der Waals surface area (Å²) in [7, 11) is 0. The molecule has 1 rings (SSSR count). The highest BCUT2D eigenvalue weighted by atomic mass is 16.3. The van der Waals surface area contributed by atoms with Crippen LogP contribution in [0.4, 0.5) is 0 Å². The van der Waals surface area contributed by atoms with Gasteiger partial charge in [-0.25, -0.2) is 0 Å². The largest absolute Gasteiger partial charge is 0.396 e. The van der Waals surface area contributed by atoms with Crippen molar-refractivity contribution in [2.24, 2.45) is 11.8 Å². The maximum atomic E-state index is 8.84. The number of rotatable bonds is 4. The molecule has 84 valence electrons. The van der Waals surface area contributed by atoms with Crippen LogP contribution in [0.3, 0.4) is 0 Å². The molecule has 1 saturated carbocycles. The maximum Gasteiger partial charge on any atom is 0.0445 e. The summed E-state index contributed by atoms with van der Waals surface area (Å²) in [6, 6.07) is 1.12. The third-order valence-electron chi connectivity index (χ3n) is 3.77. The average Bonchev–Trinajstić information content (AvgIpc) is 2.13. The maximum absolute atomic E-state index is 8.84. The van der Waals surface area contributed by atoms with Gasteiger partial charge in [-0.15, -0.1) is 0 Å². The second kappa shape index (κ2) is 5.72. The van der Waals surface area contributed by atoms with Crippen molar-refractivity contribution in [3.63, 3.8) is 0 Å². The molecule has 0 aromatic rings. The first-order chi connectivity index (χ1) is 6.65. The highest BCUT2D eigenvalue weighted by molar-refractivity contribution is 4.83. The van der Waals surface area contributed by atoms with E-state index < -0.39 is 0 Å². The monoisotopic (exact) mass is 199 g/mol. The number of hydrogen-bond acceptors (Lipinski definition) is 2. The Balaban J connectivity index is 2.35. The lowest BCUT2D eigenvalue weighted by molar-refractivity contribution is 0.184. The van der Waals surface area contributed by atoms with Gasteiger partial charge >= 0.3 is 0 Å². The van der Waals surface area contributed by atoms with Crippen LogP contribution in [0.25, 0.3) is 0 Å². The van der Waals surface area contributed by atoms with Crippen molar-refractivity contribution in [2.75, 3.05) is 6.61 Å². The molecule has 0 aliphatic heterocycles.